The van der Waals surface area contributed by atoms with Crippen LogP contribution in [0.25, 0.3) is 22.0 Å². The van der Waals surface area contributed by atoms with E-state index in [1.165, 1.54) is 11.3 Å². The first-order valence-corrected chi connectivity index (χ1v) is 10.5. The first kappa shape index (κ1) is 20.7. The van der Waals surface area contributed by atoms with Crippen LogP contribution in [0.15, 0.2) is 60.0 Å². The zero-order valence-corrected chi connectivity index (χ0v) is 18.3. The van der Waals surface area contributed by atoms with Crippen molar-refractivity contribution in [1.82, 2.24) is 9.55 Å². The molecule has 6 nitrogen and oxygen atoms in total. The number of benzene rings is 2. The summed E-state index contributed by atoms with van der Waals surface area (Å²) in [6, 6.07) is 17.2. The molecule has 0 aliphatic carbocycles. The molecule has 158 valence electrons. The first-order valence-electron chi connectivity index (χ1n) is 9.67. The number of methoxy groups -OCH3 is 2. The fraction of sp³-hybridized carbons (Fsp3) is 0.167. The molecule has 0 atom stereocenters. The Morgan fingerprint density at radius 2 is 1.65 bits per heavy atom. The highest BCUT2D eigenvalue weighted by Crippen LogP contribution is 2.32. The number of aromatic nitrogens is 2. The molecule has 31 heavy (non-hydrogen) atoms. The Hall–Kier alpha value is -3.58. The number of ether oxygens (including phenoxy) is 2. The zero-order chi connectivity index (χ0) is 22.0. The van der Waals surface area contributed by atoms with Crippen molar-refractivity contribution in [3.63, 3.8) is 0 Å². The maximum Gasteiger partial charge on any atom is 0.337 e. The van der Waals surface area contributed by atoms with Gasteiger partial charge in [0, 0.05) is 23.2 Å². The van der Waals surface area contributed by atoms with Crippen molar-refractivity contribution in [1.29, 1.82) is 0 Å². The first-order chi connectivity index (χ1) is 15.0. The van der Waals surface area contributed by atoms with Crippen molar-refractivity contribution < 1.29 is 19.4 Å². The molecule has 0 amide bonds. The Bertz CT molecular complexity index is 1210. The van der Waals surface area contributed by atoms with E-state index in [1.807, 2.05) is 65.4 Å². The lowest BCUT2D eigenvalue weighted by Crippen LogP contribution is -2.06. The van der Waals surface area contributed by atoms with Crippen molar-refractivity contribution in [3.8, 4) is 33.5 Å². The molecule has 0 aliphatic heterocycles. The molecule has 0 radical (unpaired) electrons. The minimum absolute atomic E-state index is 0.280. The third-order valence-corrected chi connectivity index (χ3v) is 6.09. The van der Waals surface area contributed by atoms with Gasteiger partial charge >= 0.3 is 5.97 Å². The Labute approximate surface area is 184 Å². The van der Waals surface area contributed by atoms with Crippen molar-refractivity contribution in [2.24, 2.45) is 0 Å². The van der Waals surface area contributed by atoms with Crippen LogP contribution in [0.2, 0.25) is 0 Å². The van der Waals surface area contributed by atoms with Crippen molar-refractivity contribution in [2.45, 2.75) is 13.5 Å². The van der Waals surface area contributed by atoms with Gasteiger partial charge in [-0.05, 0) is 55.0 Å². The minimum Gasteiger partial charge on any atom is -0.497 e. The molecule has 0 aliphatic rings. The van der Waals surface area contributed by atoms with Crippen LogP contribution < -0.4 is 9.47 Å². The number of hydrogen-bond donors (Lipinski definition) is 1. The molecular formula is C24H22N2O4S. The minimum atomic E-state index is -0.946. The summed E-state index contributed by atoms with van der Waals surface area (Å²) in [6.45, 7) is 2.36. The third kappa shape index (κ3) is 4.18. The van der Waals surface area contributed by atoms with Gasteiger partial charge in [0.15, 0.2) is 0 Å². The highest BCUT2D eigenvalue weighted by atomic mass is 32.1. The predicted octanol–water partition coefficient (Wildman–Crippen LogP) is 5.35. The molecule has 0 bridgehead atoms. The number of hydrogen-bond acceptors (Lipinski definition) is 5. The van der Waals surface area contributed by atoms with Crippen LogP contribution in [0.4, 0.5) is 0 Å². The lowest BCUT2D eigenvalue weighted by molar-refractivity contribution is 0.0696. The molecule has 1 N–H and O–H groups in total. The van der Waals surface area contributed by atoms with E-state index in [9.17, 15) is 9.90 Å². The van der Waals surface area contributed by atoms with Gasteiger partial charge in [0.05, 0.1) is 31.2 Å². The van der Waals surface area contributed by atoms with Gasteiger partial charge in [0.25, 0.3) is 0 Å². The summed E-state index contributed by atoms with van der Waals surface area (Å²) in [5.74, 6) is 0.622. The van der Waals surface area contributed by atoms with Crippen molar-refractivity contribution >= 4 is 17.3 Å². The number of nitrogens with zero attached hydrogens (tertiary/aromatic N) is 2. The van der Waals surface area contributed by atoms with E-state index in [-0.39, 0.29) is 5.56 Å². The third-order valence-electron chi connectivity index (χ3n) is 5.20. The maximum absolute atomic E-state index is 11.8. The maximum atomic E-state index is 11.8. The molecule has 2 aromatic heterocycles. The molecule has 4 aromatic rings. The largest absolute Gasteiger partial charge is 0.497 e. The predicted molar refractivity (Wildman–Crippen MR) is 121 cm³/mol. The SMILES string of the molecule is COc1ccc(Cn2c(-c3csc(-c4ccc(OC)cc4)n3)cc(C(=O)O)c2C)cc1. The molecule has 2 heterocycles. The molecule has 4 rings (SSSR count). The van der Waals surface area contributed by atoms with Gasteiger partial charge < -0.3 is 19.1 Å². The number of carboxylic acid groups (broad SMARTS) is 1. The summed E-state index contributed by atoms with van der Waals surface area (Å²) >= 11 is 1.53. The monoisotopic (exact) mass is 434 g/mol. The summed E-state index contributed by atoms with van der Waals surface area (Å²) in [6.07, 6.45) is 0. The fourth-order valence-electron chi connectivity index (χ4n) is 3.45. The van der Waals surface area contributed by atoms with Gasteiger partial charge in [0.2, 0.25) is 0 Å². The van der Waals surface area contributed by atoms with Crippen LogP contribution in [-0.4, -0.2) is 34.8 Å². The highest BCUT2D eigenvalue weighted by molar-refractivity contribution is 7.13. The van der Waals surface area contributed by atoms with Crippen LogP contribution in [0.3, 0.4) is 0 Å². The quantitative estimate of drug-likeness (QED) is 0.424. The smallest absolute Gasteiger partial charge is 0.337 e. The van der Waals surface area contributed by atoms with E-state index in [2.05, 4.69) is 0 Å². The number of aromatic carboxylic acids is 1. The van der Waals surface area contributed by atoms with Gasteiger partial charge in [-0.1, -0.05) is 12.1 Å². The molecule has 0 saturated heterocycles. The second-order valence-electron chi connectivity index (χ2n) is 7.03. The van der Waals surface area contributed by atoms with E-state index in [0.717, 1.165) is 39.0 Å². The van der Waals surface area contributed by atoms with Crippen LogP contribution in [-0.2, 0) is 6.54 Å². The molecule has 7 heteroatoms. The Morgan fingerprint density at radius 3 is 2.23 bits per heavy atom. The van der Waals surface area contributed by atoms with E-state index in [4.69, 9.17) is 14.5 Å². The van der Waals surface area contributed by atoms with E-state index < -0.39 is 5.97 Å². The highest BCUT2D eigenvalue weighted by Gasteiger charge is 2.20. The average molecular weight is 435 g/mol. The molecular weight excluding hydrogens is 412 g/mol. The van der Waals surface area contributed by atoms with Crippen molar-refractivity contribution in [2.75, 3.05) is 14.2 Å². The lowest BCUT2D eigenvalue weighted by Gasteiger charge is -2.11. The van der Waals surface area contributed by atoms with E-state index in [0.29, 0.717) is 12.2 Å². The van der Waals surface area contributed by atoms with Crippen molar-refractivity contribution in [3.05, 3.63) is 76.8 Å². The summed E-state index contributed by atoms with van der Waals surface area (Å²) in [7, 11) is 3.26. The average Bonchev–Trinajstić information content (AvgIpc) is 3.40. The molecule has 2 aromatic carbocycles. The fourth-order valence-corrected chi connectivity index (χ4v) is 4.27. The zero-order valence-electron chi connectivity index (χ0n) is 17.5. The van der Waals surface area contributed by atoms with Gasteiger partial charge in [-0.3, -0.25) is 0 Å². The molecule has 0 unspecified atom stereocenters. The Balaban J connectivity index is 1.72. The summed E-state index contributed by atoms with van der Waals surface area (Å²) in [5, 5.41) is 12.5. The topological polar surface area (TPSA) is 73.6 Å². The normalized spacial score (nSPS) is 10.8. The molecule has 0 spiro atoms. The van der Waals surface area contributed by atoms with Crippen LogP contribution in [0.5, 0.6) is 11.5 Å². The molecule has 0 fully saturated rings. The van der Waals surface area contributed by atoms with Gasteiger partial charge in [-0.15, -0.1) is 11.3 Å². The number of thiazole rings is 1. The Morgan fingerprint density at radius 1 is 1.03 bits per heavy atom. The second-order valence-corrected chi connectivity index (χ2v) is 7.89. The number of carboxylic acids is 1. The van der Waals surface area contributed by atoms with Gasteiger partial charge in [-0.2, -0.15) is 0 Å². The summed E-state index contributed by atoms with van der Waals surface area (Å²) < 4.78 is 12.4. The van der Waals surface area contributed by atoms with E-state index in [1.54, 1.807) is 20.3 Å². The second kappa shape index (κ2) is 8.65. The number of rotatable bonds is 7. The summed E-state index contributed by atoms with van der Waals surface area (Å²) in [5.41, 5.74) is 4.53. The van der Waals surface area contributed by atoms with Crippen LogP contribution >= 0.6 is 11.3 Å². The molecule has 0 saturated carbocycles. The Kier molecular flexibility index (Phi) is 5.77. The number of carbonyl (C=O) groups is 1. The van der Waals surface area contributed by atoms with Gasteiger partial charge in [0.1, 0.15) is 16.5 Å². The summed E-state index contributed by atoms with van der Waals surface area (Å²) in [4.78, 5) is 16.6. The van der Waals surface area contributed by atoms with Crippen LogP contribution in [0, 0.1) is 6.92 Å². The van der Waals surface area contributed by atoms with Crippen LogP contribution in [0.1, 0.15) is 21.6 Å². The van der Waals surface area contributed by atoms with E-state index >= 15 is 0 Å². The standard InChI is InChI=1S/C24H22N2O4S/c1-15-20(24(27)28)12-22(26(15)13-16-4-8-18(29-2)9-5-16)21-14-31-23(25-21)17-6-10-19(30-3)11-7-17/h4-12,14H,13H2,1-3H3,(H,27,28). The van der Waals surface area contributed by atoms with Gasteiger partial charge in [-0.25, -0.2) is 9.78 Å². The lowest BCUT2D eigenvalue weighted by atomic mass is 10.2.